The highest BCUT2D eigenvalue weighted by molar-refractivity contribution is 6.00. The van der Waals surface area contributed by atoms with E-state index in [2.05, 4.69) is 20.5 Å². The summed E-state index contributed by atoms with van der Waals surface area (Å²) in [6.07, 6.45) is 2.98. The zero-order chi connectivity index (χ0) is 14.4. The van der Waals surface area contributed by atoms with Gasteiger partial charge in [0.05, 0.1) is 6.61 Å². The van der Waals surface area contributed by atoms with Crippen LogP contribution < -0.4 is 10.1 Å². The van der Waals surface area contributed by atoms with E-state index in [-0.39, 0.29) is 23.6 Å². The van der Waals surface area contributed by atoms with Crippen LogP contribution in [0.2, 0.25) is 0 Å². The van der Waals surface area contributed by atoms with Gasteiger partial charge in [-0.3, -0.25) is 10.1 Å². The van der Waals surface area contributed by atoms with E-state index in [1.54, 1.807) is 30.3 Å². The molecule has 1 aromatic carbocycles. The van der Waals surface area contributed by atoms with Crippen molar-refractivity contribution in [2.75, 3.05) is 11.9 Å². The molecule has 0 aliphatic carbocycles. The maximum absolute atomic E-state index is 11.6. The molecule has 0 fully saturated rings. The van der Waals surface area contributed by atoms with Crippen LogP contribution in [-0.2, 0) is 4.79 Å². The number of nitrogens with zero attached hydrogens (tertiary/aromatic N) is 2. The average Bonchev–Trinajstić information content (AvgIpc) is 2.86. The lowest BCUT2D eigenvalue weighted by Crippen LogP contribution is -2.09. The molecule has 104 valence electrons. The number of nitrogens with one attached hydrogen (secondary N) is 2. The van der Waals surface area contributed by atoms with Gasteiger partial charge in [0.15, 0.2) is 0 Å². The Morgan fingerprint density at radius 3 is 2.90 bits per heavy atom. The monoisotopic (exact) mass is 274 g/mol. The van der Waals surface area contributed by atoms with Gasteiger partial charge >= 0.3 is 6.01 Å². The SMILES string of the molecule is CCOc1n[nH]c(NC(=O)/C=C/c2ccc(O)cc2)n1. The Balaban J connectivity index is 1.92. The second-order valence-corrected chi connectivity index (χ2v) is 3.81. The fourth-order valence-corrected chi connectivity index (χ4v) is 1.41. The molecule has 0 aliphatic rings. The Morgan fingerprint density at radius 2 is 2.20 bits per heavy atom. The molecule has 0 radical (unpaired) electrons. The smallest absolute Gasteiger partial charge is 0.337 e. The Morgan fingerprint density at radius 1 is 1.45 bits per heavy atom. The number of aromatic amines is 1. The molecule has 7 nitrogen and oxygen atoms in total. The van der Waals surface area contributed by atoms with E-state index in [9.17, 15) is 4.79 Å². The summed E-state index contributed by atoms with van der Waals surface area (Å²) < 4.78 is 5.06. The van der Waals surface area contributed by atoms with E-state index in [1.807, 2.05) is 6.92 Å². The highest BCUT2D eigenvalue weighted by Crippen LogP contribution is 2.11. The van der Waals surface area contributed by atoms with Crippen LogP contribution in [0.3, 0.4) is 0 Å². The molecule has 2 aromatic rings. The Kier molecular flexibility index (Phi) is 4.33. The van der Waals surface area contributed by atoms with Gasteiger partial charge in [0.25, 0.3) is 5.91 Å². The van der Waals surface area contributed by atoms with Crippen molar-refractivity contribution in [1.29, 1.82) is 0 Å². The van der Waals surface area contributed by atoms with Crippen molar-refractivity contribution in [3.8, 4) is 11.8 Å². The third-order valence-corrected chi connectivity index (χ3v) is 2.30. The van der Waals surface area contributed by atoms with Crippen molar-refractivity contribution in [2.24, 2.45) is 0 Å². The van der Waals surface area contributed by atoms with Crippen molar-refractivity contribution >= 4 is 17.9 Å². The lowest BCUT2D eigenvalue weighted by Gasteiger charge is -1.96. The summed E-state index contributed by atoms with van der Waals surface area (Å²) in [4.78, 5) is 15.6. The first-order chi connectivity index (χ1) is 9.67. The average molecular weight is 274 g/mol. The zero-order valence-electron chi connectivity index (χ0n) is 10.8. The largest absolute Gasteiger partial charge is 0.508 e. The topological polar surface area (TPSA) is 100 Å². The maximum atomic E-state index is 11.6. The summed E-state index contributed by atoms with van der Waals surface area (Å²) in [6, 6.07) is 6.66. The molecule has 1 amide bonds. The number of phenolic OH excluding ortho intramolecular Hbond substituents is 1. The molecular formula is C13H14N4O3. The van der Waals surface area contributed by atoms with Crippen molar-refractivity contribution in [3.63, 3.8) is 0 Å². The fourth-order valence-electron chi connectivity index (χ4n) is 1.41. The third-order valence-electron chi connectivity index (χ3n) is 2.30. The highest BCUT2D eigenvalue weighted by atomic mass is 16.5. The van der Waals surface area contributed by atoms with E-state index in [0.29, 0.717) is 6.61 Å². The zero-order valence-corrected chi connectivity index (χ0v) is 10.8. The van der Waals surface area contributed by atoms with Crippen molar-refractivity contribution in [3.05, 3.63) is 35.9 Å². The number of hydrogen-bond donors (Lipinski definition) is 3. The van der Waals surface area contributed by atoms with Gasteiger partial charge in [0.1, 0.15) is 5.75 Å². The van der Waals surface area contributed by atoms with Crippen LogP contribution in [0.15, 0.2) is 30.3 Å². The number of aromatic nitrogens is 3. The van der Waals surface area contributed by atoms with Crippen LogP contribution in [0, 0.1) is 0 Å². The Labute approximate surface area is 115 Å². The van der Waals surface area contributed by atoms with Crippen molar-refractivity contribution in [2.45, 2.75) is 6.92 Å². The van der Waals surface area contributed by atoms with E-state index in [1.165, 1.54) is 6.08 Å². The van der Waals surface area contributed by atoms with Crippen molar-refractivity contribution < 1.29 is 14.6 Å². The van der Waals surface area contributed by atoms with E-state index < -0.39 is 0 Å². The van der Waals surface area contributed by atoms with Crippen LogP contribution in [0.1, 0.15) is 12.5 Å². The molecule has 2 rings (SSSR count). The molecule has 0 atom stereocenters. The number of carbonyl (C=O) groups excluding carboxylic acids is 1. The molecule has 0 saturated carbocycles. The predicted molar refractivity (Wildman–Crippen MR) is 73.3 cm³/mol. The normalized spacial score (nSPS) is 10.7. The molecular weight excluding hydrogens is 260 g/mol. The standard InChI is InChI=1S/C13H14N4O3/c1-2-20-13-15-12(16-17-13)14-11(19)8-5-9-3-6-10(18)7-4-9/h3-8,18H,2H2,1H3,(H2,14,15,16,17,19)/b8-5+. The number of aromatic hydroxyl groups is 1. The van der Waals surface area contributed by atoms with E-state index >= 15 is 0 Å². The quantitative estimate of drug-likeness (QED) is 0.718. The lowest BCUT2D eigenvalue weighted by atomic mass is 10.2. The number of anilines is 1. The summed E-state index contributed by atoms with van der Waals surface area (Å²) >= 11 is 0. The van der Waals surface area contributed by atoms with Gasteiger partial charge < -0.3 is 9.84 Å². The lowest BCUT2D eigenvalue weighted by molar-refractivity contribution is -0.111. The number of H-pyrrole nitrogens is 1. The molecule has 20 heavy (non-hydrogen) atoms. The Hall–Kier alpha value is -2.83. The number of rotatable bonds is 5. The molecule has 0 unspecified atom stereocenters. The molecule has 1 aromatic heterocycles. The number of amides is 1. The van der Waals surface area contributed by atoms with Gasteiger partial charge in [-0.15, -0.1) is 5.10 Å². The fraction of sp³-hybridized carbons (Fsp3) is 0.154. The summed E-state index contributed by atoms with van der Waals surface area (Å²) in [5.74, 6) is 0.0443. The van der Waals surface area contributed by atoms with Gasteiger partial charge in [0.2, 0.25) is 5.95 Å². The molecule has 1 heterocycles. The van der Waals surface area contributed by atoms with Crippen molar-refractivity contribution in [1.82, 2.24) is 15.2 Å². The minimum Gasteiger partial charge on any atom is -0.508 e. The highest BCUT2D eigenvalue weighted by Gasteiger charge is 2.05. The first-order valence-corrected chi connectivity index (χ1v) is 6.00. The van der Waals surface area contributed by atoms with Gasteiger partial charge in [-0.1, -0.05) is 12.1 Å². The predicted octanol–water partition coefficient (Wildman–Crippen LogP) is 1.56. The molecule has 0 saturated heterocycles. The van der Waals surface area contributed by atoms with E-state index in [4.69, 9.17) is 9.84 Å². The number of ether oxygens (including phenoxy) is 1. The molecule has 0 aliphatic heterocycles. The minimum atomic E-state index is -0.350. The third kappa shape index (κ3) is 3.84. The summed E-state index contributed by atoms with van der Waals surface area (Å²) in [5, 5.41) is 18.0. The number of hydrogen-bond acceptors (Lipinski definition) is 5. The summed E-state index contributed by atoms with van der Waals surface area (Å²) in [7, 11) is 0. The first kappa shape index (κ1) is 13.6. The van der Waals surface area contributed by atoms with Gasteiger partial charge in [-0.25, -0.2) is 5.10 Å². The molecule has 3 N–H and O–H groups in total. The Bertz CT molecular complexity index is 604. The minimum absolute atomic E-state index is 0.178. The first-order valence-electron chi connectivity index (χ1n) is 6.00. The second-order valence-electron chi connectivity index (χ2n) is 3.81. The number of carbonyl (C=O) groups is 1. The van der Waals surface area contributed by atoms with Crippen LogP contribution in [0.5, 0.6) is 11.8 Å². The van der Waals surface area contributed by atoms with E-state index in [0.717, 1.165) is 5.56 Å². The van der Waals surface area contributed by atoms with Crippen LogP contribution in [-0.4, -0.2) is 32.8 Å². The maximum Gasteiger partial charge on any atom is 0.337 e. The molecule has 7 heteroatoms. The van der Waals surface area contributed by atoms with Gasteiger partial charge in [-0.05, 0) is 30.7 Å². The number of phenols is 1. The summed E-state index contributed by atoms with van der Waals surface area (Å²) in [6.45, 7) is 2.26. The summed E-state index contributed by atoms with van der Waals surface area (Å²) in [5.41, 5.74) is 0.797. The molecule has 0 spiro atoms. The van der Waals surface area contributed by atoms with Crippen LogP contribution in [0.25, 0.3) is 6.08 Å². The van der Waals surface area contributed by atoms with Crippen LogP contribution in [0.4, 0.5) is 5.95 Å². The van der Waals surface area contributed by atoms with Gasteiger partial charge in [0, 0.05) is 6.08 Å². The molecule has 0 bridgehead atoms. The van der Waals surface area contributed by atoms with Gasteiger partial charge in [-0.2, -0.15) is 4.98 Å². The number of benzene rings is 1. The van der Waals surface area contributed by atoms with Crippen LogP contribution >= 0.6 is 0 Å². The second kappa shape index (κ2) is 6.37.